The fourth-order valence-corrected chi connectivity index (χ4v) is 4.07. The number of hydrogen-bond acceptors (Lipinski definition) is 2. The van der Waals surface area contributed by atoms with Gasteiger partial charge in [0.15, 0.2) is 0 Å². The highest BCUT2D eigenvalue weighted by atomic mass is 15.1. The lowest BCUT2D eigenvalue weighted by molar-refractivity contribution is 0.148. The number of hydrogen-bond donors (Lipinski definition) is 1. The van der Waals surface area contributed by atoms with E-state index in [1.54, 1.807) is 0 Å². The summed E-state index contributed by atoms with van der Waals surface area (Å²) in [7, 11) is 2.15. The molecule has 2 nitrogen and oxygen atoms in total. The third kappa shape index (κ3) is 4.46. The average Bonchev–Trinajstić information content (AvgIpc) is 2.51. The van der Waals surface area contributed by atoms with E-state index >= 15 is 0 Å². The van der Waals surface area contributed by atoms with E-state index in [9.17, 15) is 0 Å². The Kier molecular flexibility index (Phi) is 5.30. The summed E-state index contributed by atoms with van der Waals surface area (Å²) in [6.45, 7) is 11.3. The summed E-state index contributed by atoms with van der Waals surface area (Å²) in [5.41, 5.74) is 0.566. The van der Waals surface area contributed by atoms with Crippen LogP contribution >= 0.6 is 0 Å². The maximum atomic E-state index is 3.57. The van der Waals surface area contributed by atoms with Crippen LogP contribution in [0.5, 0.6) is 0 Å². The van der Waals surface area contributed by atoms with Gasteiger partial charge in [-0.25, -0.2) is 0 Å². The van der Waals surface area contributed by atoms with Crippen LogP contribution in [0.2, 0.25) is 0 Å². The molecule has 3 atom stereocenters. The Bertz CT molecular complexity index is 274. The van der Waals surface area contributed by atoms with Crippen LogP contribution in [0.3, 0.4) is 0 Å². The molecule has 1 aliphatic heterocycles. The van der Waals surface area contributed by atoms with Crippen LogP contribution in [0.1, 0.15) is 59.3 Å². The van der Waals surface area contributed by atoms with Crippen molar-refractivity contribution >= 4 is 0 Å². The van der Waals surface area contributed by atoms with Gasteiger partial charge in [0.2, 0.25) is 0 Å². The van der Waals surface area contributed by atoms with Gasteiger partial charge in [0, 0.05) is 12.6 Å². The number of nitrogens with zero attached hydrogens (tertiary/aromatic N) is 1. The maximum Gasteiger partial charge on any atom is 0.0105 e. The normalized spacial score (nSPS) is 36.9. The number of likely N-dealkylation sites (tertiary alicyclic amines) is 1. The van der Waals surface area contributed by atoms with Crippen LogP contribution in [0, 0.1) is 17.3 Å². The maximum absolute atomic E-state index is 3.57. The minimum Gasteiger partial charge on any atom is -0.317 e. The van der Waals surface area contributed by atoms with Gasteiger partial charge in [-0.3, -0.25) is 0 Å². The summed E-state index contributed by atoms with van der Waals surface area (Å²) >= 11 is 0. The summed E-state index contributed by atoms with van der Waals surface area (Å²) in [6, 6.07) is 0.757. The van der Waals surface area contributed by atoms with E-state index < -0.39 is 0 Å². The molecule has 2 aliphatic rings. The Balaban J connectivity index is 1.88. The van der Waals surface area contributed by atoms with E-state index in [1.165, 1.54) is 58.2 Å². The van der Waals surface area contributed by atoms with Crippen molar-refractivity contribution < 1.29 is 0 Å². The molecule has 1 aliphatic carbocycles. The molecule has 0 bridgehead atoms. The lowest BCUT2D eigenvalue weighted by Crippen LogP contribution is -2.44. The number of nitrogens with one attached hydrogen (secondary N) is 1. The smallest absolute Gasteiger partial charge is 0.0105 e. The van der Waals surface area contributed by atoms with Gasteiger partial charge >= 0.3 is 0 Å². The van der Waals surface area contributed by atoms with Crippen molar-refractivity contribution in [3.63, 3.8) is 0 Å². The molecule has 1 heterocycles. The molecule has 0 radical (unpaired) electrons. The Labute approximate surface area is 120 Å². The fourth-order valence-electron chi connectivity index (χ4n) is 4.07. The monoisotopic (exact) mass is 266 g/mol. The molecule has 0 aromatic rings. The van der Waals surface area contributed by atoms with Crippen LogP contribution in [-0.2, 0) is 0 Å². The SMILES string of the molecule is CNC1CCC(C)CC1CN1CCCC(C)(C)CC1. The molecule has 2 fully saturated rings. The van der Waals surface area contributed by atoms with Crippen molar-refractivity contribution in [3.05, 3.63) is 0 Å². The summed E-state index contributed by atoms with van der Waals surface area (Å²) in [5, 5.41) is 3.57. The zero-order chi connectivity index (χ0) is 13.9. The summed E-state index contributed by atoms with van der Waals surface area (Å²) in [6.07, 6.45) is 8.38. The van der Waals surface area contributed by atoms with Gasteiger partial charge in [0.25, 0.3) is 0 Å². The molecular weight excluding hydrogens is 232 g/mol. The van der Waals surface area contributed by atoms with Crippen molar-refractivity contribution in [2.45, 2.75) is 65.3 Å². The number of rotatable bonds is 3. The molecule has 19 heavy (non-hydrogen) atoms. The summed E-state index contributed by atoms with van der Waals surface area (Å²) < 4.78 is 0. The highest BCUT2D eigenvalue weighted by molar-refractivity contribution is 4.86. The Morgan fingerprint density at radius 3 is 2.68 bits per heavy atom. The predicted molar refractivity (Wildman–Crippen MR) is 83.4 cm³/mol. The first-order valence-corrected chi connectivity index (χ1v) is 8.40. The van der Waals surface area contributed by atoms with Gasteiger partial charge in [0.05, 0.1) is 0 Å². The zero-order valence-corrected chi connectivity index (χ0v) is 13.5. The van der Waals surface area contributed by atoms with Crippen LogP contribution in [-0.4, -0.2) is 37.6 Å². The molecule has 1 saturated carbocycles. The molecule has 0 spiro atoms. The minimum absolute atomic E-state index is 0.566. The molecule has 0 amide bonds. The van der Waals surface area contributed by atoms with Crippen molar-refractivity contribution in [3.8, 4) is 0 Å². The van der Waals surface area contributed by atoms with E-state index in [0.717, 1.165) is 17.9 Å². The van der Waals surface area contributed by atoms with Crippen LogP contribution in [0.25, 0.3) is 0 Å². The standard InChI is InChI=1S/C17H34N2/c1-14-6-7-16(18-4)15(12-14)13-19-10-5-8-17(2,3)9-11-19/h14-16,18H,5-13H2,1-4H3. The van der Waals surface area contributed by atoms with Gasteiger partial charge in [-0.1, -0.05) is 20.8 Å². The zero-order valence-electron chi connectivity index (χ0n) is 13.5. The lowest BCUT2D eigenvalue weighted by Gasteiger charge is -2.38. The molecule has 2 heteroatoms. The van der Waals surface area contributed by atoms with E-state index in [0.29, 0.717) is 5.41 Å². The van der Waals surface area contributed by atoms with E-state index in [1.807, 2.05) is 0 Å². The van der Waals surface area contributed by atoms with Crippen molar-refractivity contribution in [1.82, 2.24) is 10.2 Å². The lowest BCUT2D eigenvalue weighted by atomic mass is 9.78. The molecule has 3 unspecified atom stereocenters. The second-order valence-electron chi connectivity index (χ2n) is 7.89. The largest absolute Gasteiger partial charge is 0.317 e. The Hall–Kier alpha value is -0.0800. The van der Waals surface area contributed by atoms with Crippen LogP contribution < -0.4 is 5.32 Å². The first kappa shape index (κ1) is 15.3. The topological polar surface area (TPSA) is 15.3 Å². The van der Waals surface area contributed by atoms with Crippen LogP contribution in [0.4, 0.5) is 0 Å². The van der Waals surface area contributed by atoms with Gasteiger partial charge in [-0.2, -0.15) is 0 Å². The highest BCUT2D eigenvalue weighted by Gasteiger charge is 2.30. The van der Waals surface area contributed by atoms with Crippen molar-refractivity contribution in [2.24, 2.45) is 17.3 Å². The third-order valence-electron chi connectivity index (χ3n) is 5.54. The molecule has 1 N–H and O–H groups in total. The molecule has 0 aromatic carbocycles. The van der Waals surface area contributed by atoms with Crippen molar-refractivity contribution in [2.75, 3.05) is 26.7 Å². The molecular formula is C17H34N2. The van der Waals surface area contributed by atoms with Gasteiger partial charge < -0.3 is 10.2 Å². The van der Waals surface area contributed by atoms with Crippen molar-refractivity contribution in [1.29, 1.82) is 0 Å². The highest BCUT2D eigenvalue weighted by Crippen LogP contribution is 2.33. The van der Waals surface area contributed by atoms with E-state index in [-0.39, 0.29) is 0 Å². The van der Waals surface area contributed by atoms with E-state index in [4.69, 9.17) is 0 Å². The van der Waals surface area contributed by atoms with Gasteiger partial charge in [-0.15, -0.1) is 0 Å². The first-order chi connectivity index (χ1) is 9.00. The second-order valence-corrected chi connectivity index (χ2v) is 7.89. The Morgan fingerprint density at radius 2 is 1.95 bits per heavy atom. The fraction of sp³-hybridized carbons (Fsp3) is 1.00. The predicted octanol–water partition coefficient (Wildman–Crippen LogP) is 3.52. The third-order valence-corrected chi connectivity index (χ3v) is 5.54. The molecule has 0 aromatic heterocycles. The summed E-state index contributed by atoms with van der Waals surface area (Å²) in [4.78, 5) is 2.75. The van der Waals surface area contributed by atoms with Gasteiger partial charge in [0.1, 0.15) is 0 Å². The second kappa shape index (κ2) is 6.58. The first-order valence-electron chi connectivity index (χ1n) is 8.40. The molecule has 112 valence electrons. The summed E-state index contributed by atoms with van der Waals surface area (Å²) in [5.74, 6) is 1.80. The minimum atomic E-state index is 0.566. The Morgan fingerprint density at radius 1 is 1.16 bits per heavy atom. The average molecular weight is 266 g/mol. The molecule has 1 saturated heterocycles. The van der Waals surface area contributed by atoms with Gasteiger partial charge in [-0.05, 0) is 75.9 Å². The van der Waals surface area contributed by atoms with E-state index in [2.05, 4.69) is 38.0 Å². The quantitative estimate of drug-likeness (QED) is 0.841. The van der Waals surface area contributed by atoms with Crippen LogP contribution in [0.15, 0.2) is 0 Å². The molecule has 2 rings (SSSR count).